The van der Waals surface area contributed by atoms with E-state index in [0.29, 0.717) is 30.1 Å². The van der Waals surface area contributed by atoms with Crippen molar-refractivity contribution in [2.45, 2.75) is 89.2 Å². The normalized spacial score (nSPS) is 20.7. The monoisotopic (exact) mass is 654 g/mol. The molecular weight excluding hydrogens is 608 g/mol. The van der Waals surface area contributed by atoms with Gasteiger partial charge in [-0.15, -0.1) is 11.8 Å². The van der Waals surface area contributed by atoms with Crippen molar-refractivity contribution < 1.29 is 23.7 Å². The van der Waals surface area contributed by atoms with Crippen molar-refractivity contribution in [1.29, 1.82) is 0 Å². The SMILES string of the molecule is CC(C)(C)OC(=O)COC[C@H]1CC[C@H](Cn2nc(-c3ccccc3)c(-c3cccc(Cl)c3)c2SCCOC2CCCCO2)CC1. The maximum Gasteiger partial charge on any atom is 0.332 e. The second-order valence-corrected chi connectivity index (χ2v) is 14.6. The Hall–Kier alpha value is -2.36. The number of carbonyl (C=O) groups excluding carboxylic acids is 1. The predicted molar refractivity (Wildman–Crippen MR) is 180 cm³/mol. The summed E-state index contributed by atoms with van der Waals surface area (Å²) in [5.74, 6) is 1.46. The molecule has 0 radical (unpaired) electrons. The zero-order chi connectivity index (χ0) is 31.6. The average Bonchev–Trinajstić information content (AvgIpc) is 3.38. The quantitative estimate of drug-likeness (QED) is 0.104. The van der Waals surface area contributed by atoms with Crippen LogP contribution in [0.2, 0.25) is 5.02 Å². The summed E-state index contributed by atoms with van der Waals surface area (Å²) in [7, 11) is 0. The fourth-order valence-electron chi connectivity index (χ4n) is 6.08. The number of benzene rings is 2. The van der Waals surface area contributed by atoms with Crippen LogP contribution in [0.15, 0.2) is 59.6 Å². The van der Waals surface area contributed by atoms with Gasteiger partial charge < -0.3 is 18.9 Å². The Labute approximate surface area is 277 Å². The van der Waals surface area contributed by atoms with Gasteiger partial charge >= 0.3 is 5.97 Å². The van der Waals surface area contributed by atoms with Gasteiger partial charge in [-0.1, -0.05) is 54.1 Å². The molecule has 1 saturated carbocycles. The van der Waals surface area contributed by atoms with Crippen LogP contribution in [0.1, 0.15) is 65.7 Å². The highest BCUT2D eigenvalue weighted by atomic mass is 35.5. The third-order valence-electron chi connectivity index (χ3n) is 8.22. The van der Waals surface area contributed by atoms with Gasteiger partial charge in [0.1, 0.15) is 22.9 Å². The minimum absolute atomic E-state index is 0.0101. The fourth-order valence-corrected chi connectivity index (χ4v) is 7.27. The Balaban J connectivity index is 1.29. The molecule has 2 heterocycles. The lowest BCUT2D eigenvalue weighted by Gasteiger charge is -2.29. The molecule has 1 saturated heterocycles. The van der Waals surface area contributed by atoms with E-state index in [0.717, 1.165) is 91.3 Å². The van der Waals surface area contributed by atoms with Gasteiger partial charge in [-0.25, -0.2) is 4.79 Å². The smallest absolute Gasteiger partial charge is 0.332 e. The van der Waals surface area contributed by atoms with Gasteiger partial charge in [0.25, 0.3) is 0 Å². The third-order valence-corrected chi connectivity index (χ3v) is 9.52. The largest absolute Gasteiger partial charge is 0.458 e. The van der Waals surface area contributed by atoms with Gasteiger partial charge in [-0.3, -0.25) is 4.68 Å². The van der Waals surface area contributed by atoms with E-state index in [1.165, 1.54) is 0 Å². The summed E-state index contributed by atoms with van der Waals surface area (Å²) >= 11 is 8.31. The second kappa shape index (κ2) is 16.5. The molecule has 244 valence electrons. The summed E-state index contributed by atoms with van der Waals surface area (Å²) in [6.07, 6.45) is 7.47. The maximum atomic E-state index is 12.0. The average molecular weight is 655 g/mol. The lowest BCUT2D eigenvalue weighted by atomic mass is 9.82. The van der Waals surface area contributed by atoms with Crippen LogP contribution in [0.3, 0.4) is 0 Å². The molecule has 2 fully saturated rings. The Morgan fingerprint density at radius 1 is 1.00 bits per heavy atom. The highest BCUT2D eigenvalue weighted by Gasteiger charge is 2.27. The number of aromatic nitrogens is 2. The van der Waals surface area contributed by atoms with Crippen LogP contribution < -0.4 is 0 Å². The molecular formula is C36H47ClN2O5S. The number of esters is 1. The molecule has 1 aliphatic carbocycles. The Kier molecular flexibility index (Phi) is 12.4. The van der Waals surface area contributed by atoms with Gasteiger partial charge in [0.15, 0.2) is 6.29 Å². The van der Waals surface area contributed by atoms with Crippen LogP contribution in [0, 0.1) is 11.8 Å². The molecule has 45 heavy (non-hydrogen) atoms. The summed E-state index contributed by atoms with van der Waals surface area (Å²) in [6.45, 7) is 8.46. The van der Waals surface area contributed by atoms with E-state index in [1.807, 2.05) is 45.0 Å². The highest BCUT2D eigenvalue weighted by molar-refractivity contribution is 7.99. The molecule has 5 rings (SSSR count). The second-order valence-electron chi connectivity index (χ2n) is 13.1. The van der Waals surface area contributed by atoms with Gasteiger partial charge in [0.05, 0.1) is 13.2 Å². The maximum absolute atomic E-state index is 12.0. The van der Waals surface area contributed by atoms with Crippen molar-refractivity contribution in [3.8, 4) is 22.4 Å². The molecule has 0 spiro atoms. The number of thioether (sulfide) groups is 1. The highest BCUT2D eigenvalue weighted by Crippen LogP contribution is 2.41. The zero-order valence-electron chi connectivity index (χ0n) is 26.8. The Morgan fingerprint density at radius 3 is 2.47 bits per heavy atom. The summed E-state index contributed by atoms with van der Waals surface area (Å²) in [5.41, 5.74) is 3.75. The van der Waals surface area contributed by atoms with Crippen molar-refractivity contribution in [1.82, 2.24) is 9.78 Å². The van der Waals surface area contributed by atoms with Gasteiger partial charge in [-0.2, -0.15) is 5.10 Å². The molecule has 0 N–H and O–H groups in total. The van der Waals surface area contributed by atoms with Crippen LogP contribution >= 0.6 is 23.4 Å². The number of carbonyl (C=O) groups is 1. The first-order valence-corrected chi connectivity index (χ1v) is 17.7. The van der Waals surface area contributed by atoms with Crippen LogP contribution in [0.25, 0.3) is 22.4 Å². The minimum atomic E-state index is -0.494. The summed E-state index contributed by atoms with van der Waals surface area (Å²) < 4.78 is 25.2. The molecule has 0 bridgehead atoms. The van der Waals surface area contributed by atoms with Crippen LogP contribution in [0.4, 0.5) is 0 Å². The van der Waals surface area contributed by atoms with Crippen LogP contribution in [-0.2, 0) is 30.3 Å². The number of halogens is 1. The third kappa shape index (κ3) is 10.3. The molecule has 1 aromatic heterocycles. The standard InChI is InChI=1S/C36H47ClN2O5S/c1-36(2,3)44-31(40)25-41-24-27-17-15-26(16-18-27)23-39-35(45-21-20-43-32-14-7-8-19-42-32)33(29-12-9-13-30(37)22-29)34(38-39)28-10-5-4-6-11-28/h4-6,9-13,22,26-27,32H,7-8,14-21,23-25H2,1-3H3/t26-,27-,32?. The molecule has 7 nitrogen and oxygen atoms in total. The zero-order valence-corrected chi connectivity index (χ0v) is 28.4. The molecule has 2 aliphatic rings. The fraction of sp³-hybridized carbons (Fsp3) is 0.556. The lowest BCUT2D eigenvalue weighted by Crippen LogP contribution is -2.28. The van der Waals surface area contributed by atoms with Gasteiger partial charge in [0, 0.05) is 35.1 Å². The van der Waals surface area contributed by atoms with Gasteiger partial charge in [0.2, 0.25) is 0 Å². The van der Waals surface area contributed by atoms with E-state index >= 15 is 0 Å². The van der Waals surface area contributed by atoms with E-state index in [-0.39, 0.29) is 18.9 Å². The number of ether oxygens (including phenoxy) is 4. The first kappa shape index (κ1) is 34.0. The molecule has 9 heteroatoms. The molecule has 0 amide bonds. The van der Waals surface area contributed by atoms with E-state index in [2.05, 4.69) is 35.0 Å². The number of rotatable bonds is 13. The van der Waals surface area contributed by atoms with E-state index in [1.54, 1.807) is 11.8 Å². The molecule has 1 unspecified atom stereocenters. The molecule has 1 aliphatic heterocycles. The Bertz CT molecular complexity index is 1360. The molecule has 1 atom stereocenters. The lowest BCUT2D eigenvalue weighted by molar-refractivity contribution is -0.160. The minimum Gasteiger partial charge on any atom is -0.458 e. The first-order valence-electron chi connectivity index (χ1n) is 16.3. The number of hydrogen-bond donors (Lipinski definition) is 0. The van der Waals surface area contributed by atoms with Crippen LogP contribution in [-0.4, -0.2) is 59.8 Å². The first-order chi connectivity index (χ1) is 21.7. The summed E-state index contributed by atoms with van der Waals surface area (Å²) in [5, 5.41) is 7.13. The molecule has 2 aromatic carbocycles. The van der Waals surface area contributed by atoms with E-state index < -0.39 is 5.60 Å². The topological polar surface area (TPSA) is 71.8 Å². The predicted octanol–water partition coefficient (Wildman–Crippen LogP) is 8.67. The van der Waals surface area contributed by atoms with Crippen molar-refractivity contribution in [2.24, 2.45) is 11.8 Å². The number of nitrogens with zero attached hydrogens (tertiary/aromatic N) is 2. The van der Waals surface area contributed by atoms with Crippen molar-refractivity contribution in [2.75, 3.05) is 32.2 Å². The summed E-state index contributed by atoms with van der Waals surface area (Å²) in [4.78, 5) is 12.0. The Morgan fingerprint density at radius 2 is 1.76 bits per heavy atom. The van der Waals surface area contributed by atoms with Crippen LogP contribution in [0.5, 0.6) is 0 Å². The summed E-state index contributed by atoms with van der Waals surface area (Å²) in [6, 6.07) is 18.5. The van der Waals surface area contributed by atoms with Gasteiger partial charge in [-0.05, 0) is 95.2 Å². The van der Waals surface area contributed by atoms with E-state index in [4.69, 9.17) is 35.6 Å². The van der Waals surface area contributed by atoms with E-state index in [9.17, 15) is 4.79 Å². The number of hydrogen-bond acceptors (Lipinski definition) is 7. The van der Waals surface area contributed by atoms with Crippen molar-refractivity contribution in [3.05, 3.63) is 59.6 Å². The van der Waals surface area contributed by atoms with Crippen molar-refractivity contribution >= 4 is 29.3 Å². The van der Waals surface area contributed by atoms with Crippen molar-refractivity contribution in [3.63, 3.8) is 0 Å². The molecule has 3 aromatic rings.